The number of hydrogen-bond donors (Lipinski definition) is 0. The van der Waals surface area contributed by atoms with Crippen molar-refractivity contribution in [2.45, 2.75) is 20.8 Å². The lowest BCUT2D eigenvalue weighted by Crippen LogP contribution is -2.30. The zero-order chi connectivity index (χ0) is 16.1. The van der Waals surface area contributed by atoms with Crippen LogP contribution in [0.4, 0.5) is 0 Å². The highest BCUT2D eigenvalue weighted by molar-refractivity contribution is 6.10. The fraction of sp³-hybridized carbons (Fsp3) is 0.200. The average molecular weight is 303 g/mol. The van der Waals surface area contributed by atoms with E-state index in [1.54, 1.807) is 0 Å². The third kappa shape index (κ3) is 2.04. The lowest BCUT2D eigenvalue weighted by molar-refractivity contribution is -0.660. The number of furan rings is 1. The van der Waals surface area contributed by atoms with E-state index in [2.05, 4.69) is 60.1 Å². The minimum Gasteiger partial charge on any atom is -0.453 e. The molecule has 4 aromatic rings. The Kier molecular flexibility index (Phi) is 2.98. The summed E-state index contributed by atoms with van der Waals surface area (Å²) in [5, 5.41) is 2.29. The van der Waals surface area contributed by atoms with E-state index in [9.17, 15) is 0 Å². The van der Waals surface area contributed by atoms with E-state index in [4.69, 9.17) is 4.42 Å². The summed E-state index contributed by atoms with van der Waals surface area (Å²) >= 11 is 0. The fourth-order valence-corrected chi connectivity index (χ4v) is 3.35. The summed E-state index contributed by atoms with van der Waals surface area (Å²) in [6, 6.07) is 12.7. The third-order valence-electron chi connectivity index (χ3n) is 4.44. The van der Waals surface area contributed by atoms with Gasteiger partial charge in [-0.3, -0.25) is 4.98 Å². The number of fused-ring (bicyclic) bond motifs is 3. The molecule has 3 aromatic heterocycles. The Hall–Kier alpha value is -2.68. The van der Waals surface area contributed by atoms with Crippen molar-refractivity contribution < 1.29 is 8.98 Å². The Morgan fingerprint density at radius 3 is 2.57 bits per heavy atom. The normalized spacial score (nSPS) is 11.5. The van der Waals surface area contributed by atoms with Crippen molar-refractivity contribution in [2.24, 2.45) is 7.05 Å². The first-order valence-corrected chi connectivity index (χ1v) is 7.81. The molecule has 0 fully saturated rings. The van der Waals surface area contributed by atoms with Crippen LogP contribution in [0.25, 0.3) is 33.2 Å². The lowest BCUT2D eigenvalue weighted by Gasteiger charge is -2.04. The summed E-state index contributed by atoms with van der Waals surface area (Å²) in [5.74, 6) is 0. The first kappa shape index (κ1) is 13.9. The summed E-state index contributed by atoms with van der Waals surface area (Å²) in [5.41, 5.74) is 7.30. The van der Waals surface area contributed by atoms with Gasteiger partial charge in [0.2, 0.25) is 5.69 Å². The summed E-state index contributed by atoms with van der Waals surface area (Å²) in [4.78, 5) is 4.54. The van der Waals surface area contributed by atoms with E-state index in [1.165, 1.54) is 5.56 Å². The molecular weight excluding hydrogens is 284 g/mol. The number of pyridine rings is 2. The first-order valence-electron chi connectivity index (χ1n) is 7.81. The summed E-state index contributed by atoms with van der Waals surface area (Å²) < 4.78 is 8.41. The summed E-state index contributed by atoms with van der Waals surface area (Å²) in [6.45, 7) is 6.16. The van der Waals surface area contributed by atoms with Gasteiger partial charge in [-0.25, -0.2) is 4.57 Å². The Labute approximate surface area is 135 Å². The van der Waals surface area contributed by atoms with E-state index in [-0.39, 0.29) is 0 Å². The van der Waals surface area contributed by atoms with Crippen molar-refractivity contribution in [3.63, 3.8) is 0 Å². The van der Waals surface area contributed by atoms with Crippen molar-refractivity contribution >= 4 is 21.9 Å². The smallest absolute Gasteiger partial charge is 0.216 e. The maximum Gasteiger partial charge on any atom is 0.216 e. The minimum absolute atomic E-state index is 0.885. The molecule has 0 aliphatic carbocycles. The molecule has 0 aliphatic heterocycles. The molecule has 0 amide bonds. The van der Waals surface area contributed by atoms with Crippen LogP contribution in [0.5, 0.6) is 0 Å². The minimum atomic E-state index is 0.885. The van der Waals surface area contributed by atoms with Gasteiger partial charge in [0.05, 0.1) is 11.3 Å². The van der Waals surface area contributed by atoms with Crippen molar-refractivity contribution in [3.05, 3.63) is 59.5 Å². The van der Waals surface area contributed by atoms with Gasteiger partial charge in [-0.05, 0) is 38.5 Å². The predicted molar refractivity (Wildman–Crippen MR) is 92.3 cm³/mol. The predicted octanol–water partition coefficient (Wildman–Crippen LogP) is 4.40. The zero-order valence-corrected chi connectivity index (χ0v) is 13.8. The molecule has 3 nitrogen and oxygen atoms in total. The van der Waals surface area contributed by atoms with E-state index >= 15 is 0 Å². The van der Waals surface area contributed by atoms with Crippen molar-refractivity contribution in [1.29, 1.82) is 0 Å². The maximum absolute atomic E-state index is 6.28. The van der Waals surface area contributed by atoms with Crippen LogP contribution < -0.4 is 4.57 Å². The molecule has 3 heteroatoms. The van der Waals surface area contributed by atoms with Crippen LogP contribution >= 0.6 is 0 Å². The monoisotopic (exact) mass is 303 g/mol. The lowest BCUT2D eigenvalue weighted by atomic mass is 10.0. The second kappa shape index (κ2) is 4.92. The number of benzene rings is 1. The Balaban J connectivity index is 2.19. The van der Waals surface area contributed by atoms with Gasteiger partial charge in [0.15, 0.2) is 11.8 Å². The molecule has 0 saturated heterocycles. The number of aryl methyl sites for hydroxylation is 4. The summed E-state index contributed by atoms with van der Waals surface area (Å²) in [7, 11) is 2.06. The highest BCUT2D eigenvalue weighted by Gasteiger charge is 2.20. The highest BCUT2D eigenvalue weighted by atomic mass is 16.3. The average Bonchev–Trinajstić information content (AvgIpc) is 2.87. The van der Waals surface area contributed by atoms with Gasteiger partial charge in [-0.2, -0.15) is 0 Å². The van der Waals surface area contributed by atoms with Crippen LogP contribution in [0.1, 0.15) is 17.0 Å². The molecule has 114 valence electrons. The molecule has 0 atom stereocenters. The van der Waals surface area contributed by atoms with E-state index in [1.807, 2.05) is 19.9 Å². The van der Waals surface area contributed by atoms with Gasteiger partial charge in [0.1, 0.15) is 12.6 Å². The topological polar surface area (TPSA) is 29.9 Å². The Bertz CT molecular complexity index is 1060. The van der Waals surface area contributed by atoms with Crippen molar-refractivity contribution in [1.82, 2.24) is 4.98 Å². The molecule has 0 saturated carbocycles. The van der Waals surface area contributed by atoms with Crippen molar-refractivity contribution in [2.75, 3.05) is 0 Å². The van der Waals surface area contributed by atoms with Gasteiger partial charge in [-0.1, -0.05) is 12.1 Å². The van der Waals surface area contributed by atoms with Crippen LogP contribution in [0, 0.1) is 20.8 Å². The SMILES string of the molecule is Cc1cc2c(oc3c(-c4cccc[n+]4C)c(C)ccc32)c(C)n1. The van der Waals surface area contributed by atoms with E-state index in [0.29, 0.717) is 0 Å². The molecule has 1 aromatic carbocycles. The molecule has 0 unspecified atom stereocenters. The maximum atomic E-state index is 6.28. The van der Waals surface area contributed by atoms with Gasteiger partial charge < -0.3 is 4.42 Å². The largest absolute Gasteiger partial charge is 0.453 e. The molecule has 3 heterocycles. The number of rotatable bonds is 1. The van der Waals surface area contributed by atoms with Crippen LogP contribution in [0.2, 0.25) is 0 Å². The molecule has 0 bridgehead atoms. The molecular formula is C20H19N2O+. The first-order chi connectivity index (χ1) is 11.1. The molecule has 4 rings (SSSR count). The molecule has 0 aliphatic rings. The van der Waals surface area contributed by atoms with Gasteiger partial charge in [0, 0.05) is 28.6 Å². The van der Waals surface area contributed by atoms with Gasteiger partial charge in [0.25, 0.3) is 0 Å². The van der Waals surface area contributed by atoms with Crippen LogP contribution in [0.3, 0.4) is 0 Å². The van der Waals surface area contributed by atoms with Gasteiger partial charge >= 0.3 is 0 Å². The molecule has 0 radical (unpaired) electrons. The van der Waals surface area contributed by atoms with Gasteiger partial charge in [-0.15, -0.1) is 0 Å². The standard InChI is InChI=1S/C20H19N2O/c1-12-8-9-15-16-11-13(2)21-14(3)19(16)23-20(15)18(12)17-7-5-6-10-22(17)4/h5-11H,1-4H3/q+1. The fourth-order valence-electron chi connectivity index (χ4n) is 3.35. The number of nitrogens with zero attached hydrogens (tertiary/aromatic N) is 2. The third-order valence-corrected chi connectivity index (χ3v) is 4.44. The zero-order valence-electron chi connectivity index (χ0n) is 13.8. The highest BCUT2D eigenvalue weighted by Crippen LogP contribution is 2.37. The van der Waals surface area contributed by atoms with E-state index in [0.717, 1.165) is 44.6 Å². The number of hydrogen-bond acceptors (Lipinski definition) is 2. The Morgan fingerprint density at radius 2 is 1.78 bits per heavy atom. The van der Waals surface area contributed by atoms with Crippen LogP contribution in [-0.2, 0) is 7.05 Å². The van der Waals surface area contributed by atoms with Crippen LogP contribution in [0.15, 0.2) is 47.0 Å². The molecule has 0 N–H and O–H groups in total. The Morgan fingerprint density at radius 1 is 0.957 bits per heavy atom. The molecule has 23 heavy (non-hydrogen) atoms. The molecule has 0 spiro atoms. The second-order valence-electron chi connectivity index (χ2n) is 6.16. The quantitative estimate of drug-likeness (QED) is 0.488. The second-order valence-corrected chi connectivity index (χ2v) is 6.16. The van der Waals surface area contributed by atoms with Crippen molar-refractivity contribution in [3.8, 4) is 11.3 Å². The van der Waals surface area contributed by atoms with E-state index < -0.39 is 0 Å². The van der Waals surface area contributed by atoms with Crippen LogP contribution in [-0.4, -0.2) is 4.98 Å². The summed E-state index contributed by atoms with van der Waals surface area (Å²) in [6.07, 6.45) is 2.06. The number of aromatic nitrogens is 2.